The highest BCUT2D eigenvalue weighted by Crippen LogP contribution is 2.38. The number of aromatic nitrogens is 2. The molecule has 1 atom stereocenters. The van der Waals surface area contributed by atoms with Gasteiger partial charge in [-0.15, -0.1) is 0 Å². The quantitative estimate of drug-likeness (QED) is 0.669. The third-order valence-electron chi connectivity index (χ3n) is 3.02. The van der Waals surface area contributed by atoms with E-state index in [1.807, 2.05) is 14.0 Å². The monoisotopic (exact) mass is 233 g/mol. The van der Waals surface area contributed by atoms with Gasteiger partial charge in [0.25, 0.3) is 0 Å². The minimum atomic E-state index is 0.267. The molecule has 0 bridgehead atoms. The molecule has 0 amide bonds. The number of rotatable bonds is 5. The molecule has 0 saturated heterocycles. The van der Waals surface area contributed by atoms with E-state index in [-0.39, 0.29) is 6.04 Å². The summed E-state index contributed by atoms with van der Waals surface area (Å²) in [5, 5.41) is 11.1. The lowest BCUT2D eigenvalue weighted by Crippen LogP contribution is -2.25. The van der Waals surface area contributed by atoms with Gasteiger partial charge >= 0.3 is 0 Å². The van der Waals surface area contributed by atoms with Crippen LogP contribution in [0.2, 0.25) is 0 Å². The van der Waals surface area contributed by atoms with E-state index in [0.29, 0.717) is 29.6 Å². The van der Waals surface area contributed by atoms with E-state index in [0.717, 1.165) is 18.7 Å². The lowest BCUT2D eigenvalue weighted by Gasteiger charge is -2.11. The predicted octanol–water partition coefficient (Wildman–Crippen LogP) is 1.30. The molecule has 2 rings (SSSR count). The van der Waals surface area contributed by atoms with Crippen molar-refractivity contribution in [3.05, 3.63) is 17.6 Å². The van der Waals surface area contributed by atoms with E-state index in [4.69, 9.17) is 11.1 Å². The van der Waals surface area contributed by atoms with Gasteiger partial charge in [0.2, 0.25) is 0 Å². The Balaban J connectivity index is 2.16. The van der Waals surface area contributed by atoms with E-state index in [1.165, 1.54) is 0 Å². The van der Waals surface area contributed by atoms with Crippen LogP contribution in [0.5, 0.6) is 0 Å². The van der Waals surface area contributed by atoms with Crippen LogP contribution in [0.1, 0.15) is 43.6 Å². The van der Waals surface area contributed by atoms with Gasteiger partial charge in [-0.25, -0.2) is 9.97 Å². The van der Waals surface area contributed by atoms with Gasteiger partial charge in [0.05, 0.1) is 11.4 Å². The van der Waals surface area contributed by atoms with Crippen molar-refractivity contribution in [1.29, 1.82) is 5.41 Å². The van der Waals surface area contributed by atoms with Crippen molar-refractivity contribution in [2.24, 2.45) is 0 Å². The molecular weight excluding hydrogens is 214 g/mol. The van der Waals surface area contributed by atoms with Crippen LogP contribution in [0.15, 0.2) is 6.07 Å². The van der Waals surface area contributed by atoms with Gasteiger partial charge in [-0.05, 0) is 26.8 Å². The molecule has 4 N–H and O–H groups in total. The number of nitrogens with two attached hydrogens (primary N) is 1. The van der Waals surface area contributed by atoms with Gasteiger partial charge in [0, 0.05) is 24.4 Å². The molecular formula is C12H19N5. The zero-order valence-corrected chi connectivity index (χ0v) is 10.3. The van der Waals surface area contributed by atoms with Crippen molar-refractivity contribution in [2.75, 3.05) is 12.8 Å². The first kappa shape index (κ1) is 12.0. The maximum absolute atomic E-state index is 8.03. The molecule has 0 unspecified atom stereocenters. The van der Waals surface area contributed by atoms with Crippen molar-refractivity contribution < 1.29 is 0 Å². The Kier molecular flexibility index (Phi) is 3.38. The summed E-state index contributed by atoms with van der Waals surface area (Å²) in [4.78, 5) is 8.67. The highest BCUT2D eigenvalue weighted by atomic mass is 15.0. The van der Waals surface area contributed by atoms with E-state index in [2.05, 4.69) is 15.3 Å². The second-order valence-corrected chi connectivity index (χ2v) is 4.68. The van der Waals surface area contributed by atoms with Crippen molar-refractivity contribution in [3.63, 3.8) is 0 Å². The zero-order chi connectivity index (χ0) is 12.4. The van der Waals surface area contributed by atoms with Crippen molar-refractivity contribution in [3.8, 4) is 0 Å². The van der Waals surface area contributed by atoms with Crippen LogP contribution in [0, 0.1) is 5.41 Å². The average Bonchev–Trinajstić information content (AvgIpc) is 3.11. The van der Waals surface area contributed by atoms with Gasteiger partial charge in [-0.3, -0.25) is 0 Å². The fourth-order valence-corrected chi connectivity index (χ4v) is 1.68. The van der Waals surface area contributed by atoms with Crippen molar-refractivity contribution in [1.82, 2.24) is 15.3 Å². The van der Waals surface area contributed by atoms with Crippen molar-refractivity contribution >= 4 is 11.5 Å². The number of anilines is 1. The Bertz CT molecular complexity index is 425. The van der Waals surface area contributed by atoms with Crippen LogP contribution in [0.25, 0.3) is 0 Å². The molecule has 0 spiro atoms. The first-order valence-corrected chi connectivity index (χ1v) is 5.99. The number of hydrogen-bond acceptors (Lipinski definition) is 5. The van der Waals surface area contributed by atoms with Crippen LogP contribution in [0.3, 0.4) is 0 Å². The van der Waals surface area contributed by atoms with Crippen LogP contribution in [-0.2, 0) is 0 Å². The zero-order valence-electron chi connectivity index (χ0n) is 10.3. The van der Waals surface area contributed by atoms with Gasteiger partial charge < -0.3 is 16.5 Å². The number of nitrogen functional groups attached to an aromatic ring is 1. The molecule has 5 nitrogen and oxygen atoms in total. The molecule has 1 aromatic rings. The summed E-state index contributed by atoms with van der Waals surface area (Å²) in [7, 11) is 1.89. The van der Waals surface area contributed by atoms with Crippen LogP contribution in [-0.4, -0.2) is 28.8 Å². The largest absolute Gasteiger partial charge is 0.384 e. The van der Waals surface area contributed by atoms with Crippen LogP contribution >= 0.6 is 0 Å². The Labute approximate surface area is 101 Å². The summed E-state index contributed by atoms with van der Waals surface area (Å²) in [6.45, 7) is 2.04. The van der Waals surface area contributed by atoms with Crippen LogP contribution < -0.4 is 11.1 Å². The smallest absolute Gasteiger partial charge is 0.134 e. The maximum Gasteiger partial charge on any atom is 0.134 e. The van der Waals surface area contributed by atoms with E-state index in [9.17, 15) is 0 Å². The fraction of sp³-hybridized carbons (Fsp3) is 0.583. The minimum Gasteiger partial charge on any atom is -0.384 e. The normalized spacial score (nSPS) is 16.8. The molecule has 5 heteroatoms. The second kappa shape index (κ2) is 4.79. The molecule has 0 aliphatic heterocycles. The molecule has 1 aromatic heterocycles. The standard InChI is InChI=1S/C12H19N5/c1-7(15-2)5-9(13)10-6-11(14)17-12(16-10)8-3-4-8/h6-8,13,15H,3-5H2,1-2H3,(H2,14,16,17)/t7-/m1/s1. The fourth-order valence-electron chi connectivity index (χ4n) is 1.68. The Morgan fingerprint density at radius 1 is 1.59 bits per heavy atom. The molecule has 1 heterocycles. The summed E-state index contributed by atoms with van der Waals surface area (Å²) >= 11 is 0. The molecule has 1 aliphatic carbocycles. The topological polar surface area (TPSA) is 87.7 Å². The molecule has 1 aliphatic rings. The van der Waals surface area contributed by atoms with E-state index in [1.54, 1.807) is 6.07 Å². The maximum atomic E-state index is 8.03. The molecule has 92 valence electrons. The Morgan fingerprint density at radius 3 is 2.88 bits per heavy atom. The summed E-state index contributed by atoms with van der Waals surface area (Å²) in [5.74, 6) is 1.74. The highest BCUT2D eigenvalue weighted by molar-refractivity contribution is 5.97. The van der Waals surface area contributed by atoms with Gasteiger partial charge in [-0.2, -0.15) is 0 Å². The average molecular weight is 233 g/mol. The molecule has 0 radical (unpaired) electrons. The third-order valence-corrected chi connectivity index (χ3v) is 3.02. The van der Waals surface area contributed by atoms with E-state index < -0.39 is 0 Å². The van der Waals surface area contributed by atoms with Gasteiger partial charge in [0.15, 0.2) is 0 Å². The SMILES string of the molecule is CN[C@H](C)CC(=N)c1cc(N)nc(C2CC2)n1. The second-order valence-electron chi connectivity index (χ2n) is 4.68. The predicted molar refractivity (Wildman–Crippen MR) is 68.4 cm³/mol. The Morgan fingerprint density at radius 2 is 2.29 bits per heavy atom. The summed E-state index contributed by atoms with van der Waals surface area (Å²) in [5.41, 5.74) is 6.95. The summed E-state index contributed by atoms with van der Waals surface area (Å²) in [6.07, 6.45) is 2.93. The first-order chi connectivity index (χ1) is 8.10. The summed E-state index contributed by atoms with van der Waals surface area (Å²) < 4.78 is 0. The first-order valence-electron chi connectivity index (χ1n) is 5.99. The lowest BCUT2D eigenvalue weighted by molar-refractivity contribution is 0.632. The van der Waals surface area contributed by atoms with Gasteiger partial charge in [-0.1, -0.05) is 0 Å². The molecule has 17 heavy (non-hydrogen) atoms. The molecule has 1 saturated carbocycles. The summed E-state index contributed by atoms with van der Waals surface area (Å²) in [6, 6.07) is 1.96. The molecule has 0 aromatic carbocycles. The number of nitrogens with zero attached hydrogens (tertiary/aromatic N) is 2. The minimum absolute atomic E-state index is 0.267. The number of hydrogen-bond donors (Lipinski definition) is 3. The number of nitrogens with one attached hydrogen (secondary N) is 2. The highest BCUT2D eigenvalue weighted by Gasteiger charge is 2.27. The van der Waals surface area contributed by atoms with Crippen molar-refractivity contribution in [2.45, 2.75) is 38.1 Å². The lowest BCUT2D eigenvalue weighted by atomic mass is 10.1. The van der Waals surface area contributed by atoms with Gasteiger partial charge in [0.1, 0.15) is 11.6 Å². The van der Waals surface area contributed by atoms with E-state index >= 15 is 0 Å². The Hall–Kier alpha value is -1.49. The van der Waals surface area contributed by atoms with Crippen LogP contribution in [0.4, 0.5) is 5.82 Å². The third kappa shape index (κ3) is 3.00. The molecule has 1 fully saturated rings.